The van der Waals surface area contributed by atoms with Gasteiger partial charge in [-0.05, 0) is 35.7 Å². The van der Waals surface area contributed by atoms with Crippen molar-refractivity contribution in [2.24, 2.45) is 5.92 Å². The number of nitrogens with one attached hydrogen (secondary N) is 1. The third kappa shape index (κ3) is 4.17. The number of amides is 1. The maximum Gasteiger partial charge on any atom is 0.272 e. The number of hydrogen-bond donors (Lipinski definition) is 1. The summed E-state index contributed by atoms with van der Waals surface area (Å²) in [6.45, 7) is 4.69. The van der Waals surface area contributed by atoms with Crippen LogP contribution < -0.4 is 14.8 Å². The first-order valence-electron chi connectivity index (χ1n) is 9.19. The van der Waals surface area contributed by atoms with Gasteiger partial charge >= 0.3 is 0 Å². The summed E-state index contributed by atoms with van der Waals surface area (Å²) in [6.07, 6.45) is 1.86. The van der Waals surface area contributed by atoms with Crippen LogP contribution in [-0.2, 0) is 0 Å². The predicted octanol–water partition coefficient (Wildman–Crippen LogP) is 3.94. The van der Waals surface area contributed by atoms with Gasteiger partial charge in [-0.2, -0.15) is 5.10 Å². The molecular formula is C22H25N3O3. The second-order valence-electron chi connectivity index (χ2n) is 6.85. The highest BCUT2D eigenvalue weighted by Crippen LogP contribution is 2.34. The molecule has 0 atom stereocenters. The average molecular weight is 379 g/mol. The maximum atomic E-state index is 12.8. The molecule has 1 amide bonds. The normalized spacial score (nSPS) is 10.8. The summed E-state index contributed by atoms with van der Waals surface area (Å²) in [4.78, 5) is 12.8. The van der Waals surface area contributed by atoms with E-state index in [1.165, 1.54) is 0 Å². The maximum absolute atomic E-state index is 12.8. The monoisotopic (exact) mass is 379 g/mol. The molecular weight excluding hydrogens is 354 g/mol. The van der Waals surface area contributed by atoms with Crippen molar-refractivity contribution >= 4 is 5.91 Å². The molecule has 0 spiro atoms. The molecule has 0 radical (unpaired) electrons. The Balaban J connectivity index is 2.07. The van der Waals surface area contributed by atoms with Gasteiger partial charge in [0.15, 0.2) is 17.2 Å². The molecule has 0 aliphatic heterocycles. The SMILES string of the molecule is COc1ccc(-c2cn(-c3ccccc3)nc2C(=O)NCC(C)C)cc1OC. The first kappa shape index (κ1) is 19.5. The highest BCUT2D eigenvalue weighted by Gasteiger charge is 2.20. The number of carbonyl (C=O) groups excluding carboxylic acids is 1. The van der Waals surface area contributed by atoms with Gasteiger partial charge in [-0.1, -0.05) is 38.1 Å². The summed E-state index contributed by atoms with van der Waals surface area (Å²) >= 11 is 0. The van der Waals surface area contributed by atoms with Crippen molar-refractivity contribution in [2.45, 2.75) is 13.8 Å². The Bertz CT molecular complexity index is 949. The number of para-hydroxylation sites is 1. The van der Waals surface area contributed by atoms with Crippen molar-refractivity contribution in [1.82, 2.24) is 15.1 Å². The molecule has 0 fully saturated rings. The van der Waals surface area contributed by atoms with E-state index in [-0.39, 0.29) is 5.91 Å². The lowest BCUT2D eigenvalue weighted by molar-refractivity contribution is 0.0944. The molecule has 0 bridgehead atoms. The van der Waals surface area contributed by atoms with E-state index >= 15 is 0 Å². The molecule has 3 aromatic rings. The van der Waals surface area contributed by atoms with Crippen molar-refractivity contribution in [3.63, 3.8) is 0 Å². The van der Waals surface area contributed by atoms with E-state index in [4.69, 9.17) is 9.47 Å². The van der Waals surface area contributed by atoms with Crippen LogP contribution in [-0.4, -0.2) is 36.5 Å². The van der Waals surface area contributed by atoms with E-state index < -0.39 is 0 Å². The summed E-state index contributed by atoms with van der Waals surface area (Å²) in [7, 11) is 3.18. The predicted molar refractivity (Wildman–Crippen MR) is 109 cm³/mol. The van der Waals surface area contributed by atoms with Crippen LogP contribution in [0.1, 0.15) is 24.3 Å². The standard InChI is InChI=1S/C22H25N3O3/c1-15(2)13-23-22(26)21-18(14-25(24-21)17-8-6-5-7-9-17)16-10-11-19(27-3)20(12-16)28-4/h5-12,14-15H,13H2,1-4H3,(H,23,26). The molecule has 1 N–H and O–H groups in total. The van der Waals surface area contributed by atoms with Gasteiger partial charge in [0.25, 0.3) is 5.91 Å². The Labute approximate surface area is 165 Å². The lowest BCUT2D eigenvalue weighted by atomic mass is 10.1. The van der Waals surface area contributed by atoms with Crippen LogP contribution in [0.4, 0.5) is 0 Å². The third-order valence-electron chi connectivity index (χ3n) is 4.32. The molecule has 0 aliphatic rings. The van der Waals surface area contributed by atoms with E-state index in [1.807, 2.05) is 54.7 Å². The van der Waals surface area contributed by atoms with E-state index in [9.17, 15) is 4.79 Å². The number of rotatable bonds is 7. The fourth-order valence-electron chi connectivity index (χ4n) is 2.85. The summed E-state index contributed by atoms with van der Waals surface area (Å²) in [5, 5.41) is 7.52. The molecule has 0 saturated heterocycles. The highest BCUT2D eigenvalue weighted by molar-refractivity contribution is 5.99. The molecule has 1 aromatic heterocycles. The average Bonchev–Trinajstić information content (AvgIpc) is 3.17. The molecule has 6 nitrogen and oxygen atoms in total. The summed E-state index contributed by atoms with van der Waals surface area (Å²) < 4.78 is 12.5. The van der Waals surface area contributed by atoms with Gasteiger partial charge in [-0.25, -0.2) is 4.68 Å². The highest BCUT2D eigenvalue weighted by atomic mass is 16.5. The zero-order chi connectivity index (χ0) is 20.1. The Morgan fingerprint density at radius 1 is 1.07 bits per heavy atom. The van der Waals surface area contributed by atoms with Crippen LogP contribution in [0.3, 0.4) is 0 Å². The van der Waals surface area contributed by atoms with Gasteiger partial charge in [-0.3, -0.25) is 4.79 Å². The molecule has 28 heavy (non-hydrogen) atoms. The fourth-order valence-corrected chi connectivity index (χ4v) is 2.85. The van der Waals surface area contributed by atoms with E-state index in [0.717, 1.165) is 16.8 Å². The fraction of sp³-hybridized carbons (Fsp3) is 0.273. The molecule has 146 valence electrons. The van der Waals surface area contributed by atoms with Crippen LogP contribution in [0.25, 0.3) is 16.8 Å². The van der Waals surface area contributed by atoms with Crippen molar-refractivity contribution in [1.29, 1.82) is 0 Å². The van der Waals surface area contributed by atoms with Gasteiger partial charge in [0.05, 0.1) is 19.9 Å². The molecule has 3 rings (SSSR count). The van der Waals surface area contributed by atoms with Crippen molar-refractivity contribution in [3.05, 3.63) is 60.4 Å². The number of nitrogens with zero attached hydrogens (tertiary/aromatic N) is 2. The quantitative estimate of drug-likeness (QED) is 0.675. The second-order valence-corrected chi connectivity index (χ2v) is 6.85. The Hall–Kier alpha value is -3.28. The zero-order valence-corrected chi connectivity index (χ0v) is 16.6. The van der Waals surface area contributed by atoms with Gasteiger partial charge < -0.3 is 14.8 Å². The van der Waals surface area contributed by atoms with Crippen LogP contribution in [0.2, 0.25) is 0 Å². The molecule has 0 aliphatic carbocycles. The minimum absolute atomic E-state index is 0.201. The van der Waals surface area contributed by atoms with Gasteiger partial charge in [0.1, 0.15) is 0 Å². The second kappa shape index (κ2) is 8.61. The van der Waals surface area contributed by atoms with Crippen LogP contribution in [0.15, 0.2) is 54.7 Å². The van der Waals surface area contributed by atoms with Crippen LogP contribution >= 0.6 is 0 Å². The lowest BCUT2D eigenvalue weighted by Gasteiger charge is -2.10. The number of carbonyl (C=O) groups is 1. The van der Waals surface area contributed by atoms with Gasteiger partial charge in [0.2, 0.25) is 0 Å². The minimum Gasteiger partial charge on any atom is -0.493 e. The summed E-state index contributed by atoms with van der Waals surface area (Å²) in [6, 6.07) is 15.3. The number of benzene rings is 2. The van der Waals surface area contributed by atoms with E-state index in [2.05, 4.69) is 24.3 Å². The Morgan fingerprint density at radius 2 is 1.79 bits per heavy atom. The molecule has 2 aromatic carbocycles. The molecule has 1 heterocycles. The minimum atomic E-state index is -0.201. The topological polar surface area (TPSA) is 65.4 Å². The summed E-state index contributed by atoms with van der Waals surface area (Å²) in [5.74, 6) is 1.38. The van der Waals surface area contributed by atoms with E-state index in [1.54, 1.807) is 18.9 Å². The Kier molecular flexibility index (Phi) is 5.99. The number of hydrogen-bond acceptors (Lipinski definition) is 4. The van der Waals surface area contributed by atoms with Crippen LogP contribution in [0, 0.1) is 5.92 Å². The molecule has 0 unspecified atom stereocenters. The van der Waals surface area contributed by atoms with Crippen molar-refractivity contribution < 1.29 is 14.3 Å². The lowest BCUT2D eigenvalue weighted by Crippen LogP contribution is -2.28. The number of ether oxygens (including phenoxy) is 2. The van der Waals surface area contributed by atoms with Crippen LogP contribution in [0.5, 0.6) is 11.5 Å². The number of aromatic nitrogens is 2. The number of methoxy groups -OCH3 is 2. The third-order valence-corrected chi connectivity index (χ3v) is 4.32. The van der Waals surface area contributed by atoms with Crippen molar-refractivity contribution in [3.8, 4) is 28.3 Å². The summed E-state index contributed by atoms with van der Waals surface area (Å²) in [5.41, 5.74) is 2.81. The van der Waals surface area contributed by atoms with E-state index in [0.29, 0.717) is 29.7 Å². The Morgan fingerprint density at radius 3 is 2.43 bits per heavy atom. The van der Waals surface area contributed by atoms with Gasteiger partial charge in [-0.15, -0.1) is 0 Å². The van der Waals surface area contributed by atoms with Gasteiger partial charge in [0, 0.05) is 18.3 Å². The first-order valence-corrected chi connectivity index (χ1v) is 9.19. The smallest absolute Gasteiger partial charge is 0.272 e. The molecule has 6 heteroatoms. The van der Waals surface area contributed by atoms with Crippen molar-refractivity contribution in [2.75, 3.05) is 20.8 Å². The molecule has 0 saturated carbocycles. The zero-order valence-electron chi connectivity index (χ0n) is 16.6. The largest absolute Gasteiger partial charge is 0.493 e. The first-order chi connectivity index (χ1) is 13.5.